The first kappa shape index (κ1) is 9.98. The van der Waals surface area contributed by atoms with Crippen LogP contribution in [0, 0.1) is 0 Å². The molecule has 0 aliphatic carbocycles. The number of hydrogen-bond acceptors (Lipinski definition) is 3. The summed E-state index contributed by atoms with van der Waals surface area (Å²) in [6.07, 6.45) is 1.45. The molecular formula is C8H14N2O3. The molecule has 0 aromatic heterocycles. The van der Waals surface area contributed by atoms with Crippen LogP contribution in [0.1, 0.15) is 26.7 Å². The summed E-state index contributed by atoms with van der Waals surface area (Å²) < 4.78 is 5.30. The summed E-state index contributed by atoms with van der Waals surface area (Å²) >= 11 is 0. The molecule has 0 spiro atoms. The van der Waals surface area contributed by atoms with Crippen LogP contribution in [0.2, 0.25) is 0 Å². The predicted octanol–water partition coefficient (Wildman–Crippen LogP) is -0.277. The Morgan fingerprint density at radius 2 is 1.77 bits per heavy atom. The second-order valence-electron chi connectivity index (χ2n) is 3.14. The van der Waals surface area contributed by atoms with Crippen molar-refractivity contribution in [3.05, 3.63) is 0 Å². The summed E-state index contributed by atoms with van der Waals surface area (Å²) in [6, 6.07) is 0. The van der Waals surface area contributed by atoms with E-state index in [1.807, 2.05) is 0 Å². The maximum Gasteiger partial charge on any atom is 0.220 e. The highest BCUT2D eigenvalue weighted by molar-refractivity contribution is 5.77. The highest BCUT2D eigenvalue weighted by Crippen LogP contribution is 2.19. The van der Waals surface area contributed by atoms with Crippen molar-refractivity contribution in [1.82, 2.24) is 10.6 Å². The van der Waals surface area contributed by atoms with Crippen LogP contribution in [0.25, 0.3) is 0 Å². The third kappa shape index (κ3) is 2.69. The van der Waals surface area contributed by atoms with Gasteiger partial charge in [0, 0.05) is 20.3 Å². The van der Waals surface area contributed by atoms with Crippen molar-refractivity contribution < 1.29 is 14.3 Å². The minimum Gasteiger partial charge on any atom is -0.338 e. The van der Waals surface area contributed by atoms with Gasteiger partial charge in [0.2, 0.25) is 17.7 Å². The average Bonchev–Trinajstić information content (AvgIpc) is 2.33. The number of amides is 2. The molecule has 2 N–H and O–H groups in total. The van der Waals surface area contributed by atoms with E-state index in [2.05, 4.69) is 10.6 Å². The molecular weight excluding hydrogens is 172 g/mol. The molecule has 1 heterocycles. The standard InChI is InChI=1S/C8H14N2O3/c1-6(11)9-8(10-7(2)12)4-3-5-13-8/h3-5H2,1-2H3,(H,9,11)(H,10,12). The van der Waals surface area contributed by atoms with Crippen molar-refractivity contribution in [3.63, 3.8) is 0 Å². The van der Waals surface area contributed by atoms with E-state index in [4.69, 9.17) is 4.74 Å². The molecule has 0 aromatic carbocycles. The molecule has 1 rings (SSSR count). The maximum absolute atomic E-state index is 10.8. The van der Waals surface area contributed by atoms with Gasteiger partial charge in [-0.2, -0.15) is 0 Å². The zero-order chi connectivity index (χ0) is 9.90. The maximum atomic E-state index is 10.8. The molecule has 1 fully saturated rings. The van der Waals surface area contributed by atoms with Crippen molar-refractivity contribution >= 4 is 11.8 Å². The molecule has 1 aliphatic rings. The first-order valence-corrected chi connectivity index (χ1v) is 4.25. The van der Waals surface area contributed by atoms with E-state index in [9.17, 15) is 9.59 Å². The molecule has 5 nitrogen and oxygen atoms in total. The van der Waals surface area contributed by atoms with Crippen LogP contribution < -0.4 is 10.6 Å². The number of carbonyl (C=O) groups excluding carboxylic acids is 2. The minimum atomic E-state index is -0.961. The van der Waals surface area contributed by atoms with Crippen molar-refractivity contribution in [2.45, 2.75) is 32.5 Å². The van der Waals surface area contributed by atoms with E-state index in [1.165, 1.54) is 13.8 Å². The Kier molecular flexibility index (Phi) is 2.87. The van der Waals surface area contributed by atoms with Crippen molar-refractivity contribution in [2.24, 2.45) is 0 Å². The summed E-state index contributed by atoms with van der Waals surface area (Å²) in [5.74, 6) is -1.39. The molecule has 5 heteroatoms. The molecule has 2 amide bonds. The summed E-state index contributed by atoms with van der Waals surface area (Å²) in [5.41, 5.74) is 0. The van der Waals surface area contributed by atoms with Gasteiger partial charge in [0.1, 0.15) is 0 Å². The van der Waals surface area contributed by atoms with Gasteiger partial charge in [-0.05, 0) is 6.42 Å². The van der Waals surface area contributed by atoms with Crippen molar-refractivity contribution in [3.8, 4) is 0 Å². The first-order valence-electron chi connectivity index (χ1n) is 4.25. The van der Waals surface area contributed by atoms with E-state index in [1.54, 1.807) is 0 Å². The number of carbonyl (C=O) groups is 2. The molecule has 13 heavy (non-hydrogen) atoms. The Balaban J connectivity index is 2.62. The topological polar surface area (TPSA) is 67.4 Å². The fraction of sp³-hybridized carbons (Fsp3) is 0.750. The number of nitrogens with one attached hydrogen (secondary N) is 2. The lowest BCUT2D eigenvalue weighted by Crippen LogP contribution is -2.59. The molecule has 0 bridgehead atoms. The monoisotopic (exact) mass is 186 g/mol. The van der Waals surface area contributed by atoms with E-state index in [0.29, 0.717) is 13.0 Å². The van der Waals surface area contributed by atoms with Gasteiger partial charge in [0.15, 0.2) is 0 Å². The molecule has 0 saturated carbocycles. The smallest absolute Gasteiger partial charge is 0.220 e. The number of hydrogen-bond donors (Lipinski definition) is 2. The zero-order valence-electron chi connectivity index (χ0n) is 7.85. The van der Waals surface area contributed by atoms with Crippen LogP contribution in [0.3, 0.4) is 0 Å². The molecule has 74 valence electrons. The normalized spacial score (nSPS) is 19.5. The predicted molar refractivity (Wildman–Crippen MR) is 45.6 cm³/mol. The van der Waals surface area contributed by atoms with Gasteiger partial charge in [0.05, 0.1) is 6.61 Å². The van der Waals surface area contributed by atoms with E-state index in [0.717, 1.165) is 6.42 Å². The number of ether oxygens (including phenoxy) is 1. The third-order valence-electron chi connectivity index (χ3n) is 1.78. The van der Waals surface area contributed by atoms with Crippen LogP contribution in [0.5, 0.6) is 0 Å². The van der Waals surface area contributed by atoms with Crippen molar-refractivity contribution in [2.75, 3.05) is 6.61 Å². The third-order valence-corrected chi connectivity index (χ3v) is 1.78. The second kappa shape index (κ2) is 3.74. The van der Waals surface area contributed by atoms with Crippen LogP contribution in [-0.2, 0) is 14.3 Å². The summed E-state index contributed by atoms with van der Waals surface area (Å²) in [4.78, 5) is 21.7. The quantitative estimate of drug-likeness (QED) is 0.583. The fourth-order valence-electron chi connectivity index (χ4n) is 1.44. The van der Waals surface area contributed by atoms with Crippen LogP contribution in [-0.4, -0.2) is 24.3 Å². The lowest BCUT2D eigenvalue weighted by molar-refractivity contribution is -0.138. The first-order chi connectivity index (χ1) is 6.04. The van der Waals surface area contributed by atoms with E-state index >= 15 is 0 Å². The largest absolute Gasteiger partial charge is 0.338 e. The Hall–Kier alpha value is -1.10. The molecule has 0 aromatic rings. The lowest BCUT2D eigenvalue weighted by atomic mass is 10.2. The van der Waals surface area contributed by atoms with Crippen LogP contribution in [0.15, 0.2) is 0 Å². The zero-order valence-corrected chi connectivity index (χ0v) is 7.85. The fourth-order valence-corrected chi connectivity index (χ4v) is 1.44. The van der Waals surface area contributed by atoms with Gasteiger partial charge in [-0.25, -0.2) is 0 Å². The summed E-state index contributed by atoms with van der Waals surface area (Å²) in [5, 5.41) is 5.19. The molecule has 0 radical (unpaired) electrons. The Bertz CT molecular complexity index is 203. The lowest BCUT2D eigenvalue weighted by Gasteiger charge is -2.29. The van der Waals surface area contributed by atoms with E-state index in [-0.39, 0.29) is 11.8 Å². The highest BCUT2D eigenvalue weighted by Gasteiger charge is 2.36. The van der Waals surface area contributed by atoms with Gasteiger partial charge in [-0.1, -0.05) is 0 Å². The van der Waals surface area contributed by atoms with Gasteiger partial charge < -0.3 is 15.4 Å². The summed E-state index contributed by atoms with van der Waals surface area (Å²) in [7, 11) is 0. The van der Waals surface area contributed by atoms with Crippen LogP contribution in [0.4, 0.5) is 0 Å². The van der Waals surface area contributed by atoms with Crippen molar-refractivity contribution in [1.29, 1.82) is 0 Å². The van der Waals surface area contributed by atoms with Gasteiger partial charge in [-0.15, -0.1) is 0 Å². The van der Waals surface area contributed by atoms with Gasteiger partial charge >= 0.3 is 0 Å². The SMILES string of the molecule is CC(=O)NC1(NC(C)=O)CCCO1. The molecule has 0 atom stereocenters. The average molecular weight is 186 g/mol. The van der Waals surface area contributed by atoms with Crippen LogP contribution >= 0.6 is 0 Å². The Morgan fingerprint density at radius 3 is 2.08 bits per heavy atom. The Labute approximate surface area is 76.8 Å². The molecule has 0 unspecified atom stereocenters. The van der Waals surface area contributed by atoms with E-state index < -0.39 is 5.85 Å². The van der Waals surface area contributed by atoms with Gasteiger partial charge in [-0.3, -0.25) is 9.59 Å². The minimum absolute atomic E-state index is 0.212. The second-order valence-corrected chi connectivity index (χ2v) is 3.14. The summed E-state index contributed by atoms with van der Waals surface area (Å²) in [6.45, 7) is 3.34. The highest BCUT2D eigenvalue weighted by atomic mass is 16.5. The Morgan fingerprint density at radius 1 is 1.23 bits per heavy atom. The molecule has 1 aliphatic heterocycles. The molecule has 1 saturated heterocycles. The number of rotatable bonds is 2. The van der Waals surface area contributed by atoms with Gasteiger partial charge in [0.25, 0.3) is 0 Å².